The Bertz CT molecular complexity index is 361. The van der Waals surface area contributed by atoms with E-state index in [0.29, 0.717) is 0 Å². The second-order valence-electron chi connectivity index (χ2n) is 3.64. The maximum Gasteiger partial charge on any atom is 0.237 e. The van der Waals surface area contributed by atoms with Gasteiger partial charge in [-0.1, -0.05) is 23.7 Å². The smallest absolute Gasteiger partial charge is 0.237 e. The van der Waals surface area contributed by atoms with Gasteiger partial charge in [0.2, 0.25) is 5.54 Å². The summed E-state index contributed by atoms with van der Waals surface area (Å²) in [7, 11) is 0. The van der Waals surface area contributed by atoms with Crippen LogP contribution >= 0.6 is 11.6 Å². The highest BCUT2D eigenvalue weighted by Crippen LogP contribution is 2.42. The summed E-state index contributed by atoms with van der Waals surface area (Å²) < 4.78 is 0. The Balaban J connectivity index is 2.15. The molecule has 1 fully saturated rings. The molecule has 0 radical (unpaired) electrons. The first-order chi connectivity index (χ1) is 6.24. The predicted molar refractivity (Wildman–Crippen MR) is 53.7 cm³/mol. The van der Waals surface area contributed by atoms with Crippen LogP contribution in [0.2, 0.25) is 5.02 Å². The Morgan fingerprint density at radius 3 is 2.77 bits per heavy atom. The molecule has 1 aromatic rings. The molecule has 1 aliphatic rings. The van der Waals surface area contributed by atoms with Gasteiger partial charge in [0, 0.05) is 17.9 Å². The van der Waals surface area contributed by atoms with Crippen LogP contribution in [0.4, 0.5) is 0 Å². The van der Waals surface area contributed by atoms with E-state index in [9.17, 15) is 0 Å². The molecule has 0 atom stereocenters. The summed E-state index contributed by atoms with van der Waals surface area (Å²) in [6, 6.07) is 7.80. The molecule has 2 rings (SSSR count). The van der Waals surface area contributed by atoms with Gasteiger partial charge in [-0.2, -0.15) is 0 Å². The molecule has 0 spiro atoms. The van der Waals surface area contributed by atoms with Crippen LogP contribution in [-0.2, 0) is 6.42 Å². The summed E-state index contributed by atoms with van der Waals surface area (Å²) in [4.78, 5) is 3.66. The van der Waals surface area contributed by atoms with E-state index < -0.39 is 0 Å². The molecule has 0 aromatic heterocycles. The van der Waals surface area contributed by atoms with Crippen LogP contribution in [-0.4, -0.2) is 5.54 Å². The minimum Gasteiger partial charge on any atom is -0.310 e. The lowest BCUT2D eigenvalue weighted by Gasteiger charge is -2.02. The number of rotatable bonds is 2. The summed E-state index contributed by atoms with van der Waals surface area (Å²) in [6.45, 7) is 7.06. The number of hydrogen-bond donors (Lipinski definition) is 0. The summed E-state index contributed by atoms with van der Waals surface area (Å²) in [5.41, 5.74) is 1.10. The van der Waals surface area contributed by atoms with Crippen LogP contribution in [0.15, 0.2) is 24.3 Å². The number of benzene rings is 1. The molecule has 66 valence electrons. The molecule has 0 heterocycles. The third-order valence-electron chi connectivity index (χ3n) is 2.49. The van der Waals surface area contributed by atoms with E-state index in [0.717, 1.165) is 24.3 Å². The number of nitrogens with zero attached hydrogens (tertiary/aromatic N) is 1. The third kappa shape index (κ3) is 1.84. The highest BCUT2D eigenvalue weighted by Gasteiger charge is 2.50. The highest BCUT2D eigenvalue weighted by atomic mass is 35.5. The highest BCUT2D eigenvalue weighted by molar-refractivity contribution is 6.30. The zero-order chi connectivity index (χ0) is 9.31. The fourth-order valence-corrected chi connectivity index (χ4v) is 1.71. The number of halogens is 1. The van der Waals surface area contributed by atoms with Gasteiger partial charge >= 0.3 is 0 Å². The van der Waals surface area contributed by atoms with E-state index in [1.807, 2.05) is 24.3 Å². The average Bonchev–Trinajstić information content (AvgIpc) is 2.86. The summed E-state index contributed by atoms with van der Waals surface area (Å²) in [5.74, 6) is 0. The Morgan fingerprint density at radius 1 is 1.46 bits per heavy atom. The van der Waals surface area contributed by atoms with Crippen molar-refractivity contribution in [1.29, 1.82) is 0 Å². The van der Waals surface area contributed by atoms with Gasteiger partial charge in [0.25, 0.3) is 0 Å². The second-order valence-corrected chi connectivity index (χ2v) is 4.08. The van der Waals surface area contributed by atoms with Gasteiger partial charge < -0.3 is 4.85 Å². The van der Waals surface area contributed by atoms with Gasteiger partial charge in [0.15, 0.2) is 0 Å². The van der Waals surface area contributed by atoms with E-state index in [2.05, 4.69) is 4.85 Å². The molecule has 1 aromatic carbocycles. The van der Waals surface area contributed by atoms with Crippen LogP contribution in [0.25, 0.3) is 4.85 Å². The molecule has 1 saturated carbocycles. The van der Waals surface area contributed by atoms with Crippen molar-refractivity contribution in [3.05, 3.63) is 46.3 Å². The summed E-state index contributed by atoms with van der Waals surface area (Å²) in [6.07, 6.45) is 2.95. The largest absolute Gasteiger partial charge is 0.310 e. The Hall–Kier alpha value is -1.00. The lowest BCUT2D eigenvalue weighted by molar-refractivity contribution is 0.781. The molecule has 0 unspecified atom stereocenters. The quantitative estimate of drug-likeness (QED) is 0.632. The molecular weight excluding hydrogens is 182 g/mol. The van der Waals surface area contributed by atoms with Crippen molar-refractivity contribution in [2.24, 2.45) is 0 Å². The van der Waals surface area contributed by atoms with Crippen LogP contribution in [0.1, 0.15) is 18.4 Å². The van der Waals surface area contributed by atoms with Crippen LogP contribution in [0.5, 0.6) is 0 Å². The molecule has 0 aliphatic heterocycles. The minimum atomic E-state index is -0.0787. The summed E-state index contributed by atoms with van der Waals surface area (Å²) >= 11 is 5.86. The van der Waals surface area contributed by atoms with Gasteiger partial charge in [0.1, 0.15) is 0 Å². The zero-order valence-electron chi connectivity index (χ0n) is 7.26. The van der Waals surface area contributed by atoms with Crippen molar-refractivity contribution in [1.82, 2.24) is 0 Å². The van der Waals surface area contributed by atoms with Crippen LogP contribution in [0.3, 0.4) is 0 Å². The Morgan fingerprint density at radius 2 is 2.23 bits per heavy atom. The third-order valence-corrected chi connectivity index (χ3v) is 2.72. The first kappa shape index (κ1) is 8.59. The molecule has 0 amide bonds. The van der Waals surface area contributed by atoms with Gasteiger partial charge in [-0.05, 0) is 17.7 Å². The van der Waals surface area contributed by atoms with E-state index in [1.165, 1.54) is 5.56 Å². The SMILES string of the molecule is [C-]#[N+]C1(Cc2cccc(Cl)c2)CC1. The first-order valence-electron chi connectivity index (χ1n) is 4.37. The van der Waals surface area contributed by atoms with E-state index in [4.69, 9.17) is 18.2 Å². The zero-order valence-corrected chi connectivity index (χ0v) is 8.01. The molecule has 0 bridgehead atoms. The molecule has 1 aliphatic carbocycles. The average molecular weight is 192 g/mol. The van der Waals surface area contributed by atoms with Gasteiger partial charge in [0.05, 0.1) is 6.42 Å². The second kappa shape index (κ2) is 3.05. The van der Waals surface area contributed by atoms with Crippen molar-refractivity contribution in [3.8, 4) is 0 Å². The van der Waals surface area contributed by atoms with Crippen molar-refractivity contribution < 1.29 is 0 Å². The fourth-order valence-electron chi connectivity index (χ4n) is 1.50. The molecule has 1 nitrogen and oxygen atoms in total. The minimum absolute atomic E-state index is 0.0787. The number of hydrogen-bond acceptors (Lipinski definition) is 0. The maximum absolute atomic E-state index is 7.06. The summed E-state index contributed by atoms with van der Waals surface area (Å²) in [5, 5.41) is 0.762. The van der Waals surface area contributed by atoms with Gasteiger partial charge in [-0.25, -0.2) is 6.57 Å². The molecule has 2 heteroatoms. The van der Waals surface area contributed by atoms with Crippen LogP contribution < -0.4 is 0 Å². The molecule has 0 saturated heterocycles. The van der Waals surface area contributed by atoms with E-state index in [1.54, 1.807) is 0 Å². The van der Waals surface area contributed by atoms with Crippen LogP contribution in [0, 0.1) is 6.57 Å². The molecular formula is C11H10ClN. The predicted octanol–water partition coefficient (Wildman–Crippen LogP) is 3.33. The maximum atomic E-state index is 7.06. The van der Waals surface area contributed by atoms with Gasteiger partial charge in [-0.3, -0.25) is 0 Å². The fraction of sp³-hybridized carbons (Fsp3) is 0.364. The topological polar surface area (TPSA) is 4.36 Å². The lowest BCUT2D eigenvalue weighted by Crippen LogP contribution is -2.05. The first-order valence-corrected chi connectivity index (χ1v) is 4.75. The monoisotopic (exact) mass is 191 g/mol. The van der Waals surface area contributed by atoms with E-state index in [-0.39, 0.29) is 5.54 Å². The standard InChI is InChI=1S/C11H10ClN/c1-13-11(5-6-11)8-9-3-2-4-10(12)7-9/h2-4,7H,5-6,8H2. The molecule has 0 N–H and O–H groups in total. The lowest BCUT2D eigenvalue weighted by atomic mass is 10.1. The van der Waals surface area contributed by atoms with Crippen molar-refractivity contribution >= 4 is 11.6 Å². The van der Waals surface area contributed by atoms with E-state index >= 15 is 0 Å². The van der Waals surface area contributed by atoms with Gasteiger partial charge in [-0.15, -0.1) is 0 Å². The normalized spacial score (nSPS) is 17.8. The van der Waals surface area contributed by atoms with Crippen molar-refractivity contribution in [3.63, 3.8) is 0 Å². The van der Waals surface area contributed by atoms with Crippen molar-refractivity contribution in [2.45, 2.75) is 24.8 Å². The molecule has 13 heavy (non-hydrogen) atoms. The Kier molecular flexibility index (Phi) is 2.01. The Labute approximate surface area is 83.2 Å². The van der Waals surface area contributed by atoms with Crippen molar-refractivity contribution in [2.75, 3.05) is 0 Å².